The third-order valence-electron chi connectivity index (χ3n) is 4.06. The lowest BCUT2D eigenvalue weighted by Crippen LogP contribution is -2.46. The van der Waals surface area contributed by atoms with E-state index in [1.54, 1.807) is 25.1 Å². The summed E-state index contributed by atoms with van der Waals surface area (Å²) >= 11 is 6.25. The fourth-order valence-electron chi connectivity index (χ4n) is 2.80. The average molecular weight is 402 g/mol. The van der Waals surface area contributed by atoms with Crippen molar-refractivity contribution >= 4 is 33.4 Å². The van der Waals surface area contributed by atoms with E-state index < -0.39 is 15.4 Å². The van der Waals surface area contributed by atoms with E-state index in [1.165, 1.54) is 13.2 Å². The minimum Gasteiger partial charge on any atom is -0.493 e. The molecule has 2 rings (SSSR count). The highest BCUT2D eigenvalue weighted by Crippen LogP contribution is 2.36. The third-order valence-corrected chi connectivity index (χ3v) is 6.24. The molecular formula is C18H24ClNO5S. The van der Waals surface area contributed by atoms with Crippen LogP contribution in [-0.4, -0.2) is 45.1 Å². The molecule has 1 atom stereocenters. The first-order valence-corrected chi connectivity index (χ1v) is 10.6. The van der Waals surface area contributed by atoms with Gasteiger partial charge in [0.05, 0.1) is 35.8 Å². The zero-order chi connectivity index (χ0) is 19.4. The quantitative estimate of drug-likeness (QED) is 0.710. The number of carbonyl (C=O) groups is 1. The third kappa shape index (κ3) is 5.38. The second kappa shape index (κ2) is 8.31. The highest BCUT2D eigenvalue weighted by molar-refractivity contribution is 7.91. The highest BCUT2D eigenvalue weighted by Gasteiger charge is 2.39. The van der Waals surface area contributed by atoms with Crippen molar-refractivity contribution in [2.45, 2.75) is 32.2 Å². The van der Waals surface area contributed by atoms with Crippen LogP contribution in [0.4, 0.5) is 0 Å². The van der Waals surface area contributed by atoms with Crippen LogP contribution in [0.15, 0.2) is 18.2 Å². The van der Waals surface area contributed by atoms with E-state index in [0.717, 1.165) is 6.42 Å². The van der Waals surface area contributed by atoms with E-state index in [1.807, 2.05) is 6.92 Å². The molecule has 8 heteroatoms. The molecule has 0 unspecified atom stereocenters. The van der Waals surface area contributed by atoms with Gasteiger partial charge in [0, 0.05) is 6.08 Å². The Morgan fingerprint density at radius 3 is 2.73 bits per heavy atom. The predicted octanol–water partition coefficient (Wildman–Crippen LogP) is 2.84. The van der Waals surface area contributed by atoms with Crippen molar-refractivity contribution in [3.05, 3.63) is 28.8 Å². The van der Waals surface area contributed by atoms with Crippen LogP contribution in [0.5, 0.6) is 11.5 Å². The van der Waals surface area contributed by atoms with Crippen LogP contribution in [0.25, 0.3) is 6.08 Å². The Morgan fingerprint density at radius 2 is 2.15 bits per heavy atom. The van der Waals surface area contributed by atoms with Gasteiger partial charge in [0.15, 0.2) is 21.3 Å². The van der Waals surface area contributed by atoms with E-state index in [-0.39, 0.29) is 17.4 Å². The van der Waals surface area contributed by atoms with E-state index >= 15 is 0 Å². The zero-order valence-electron chi connectivity index (χ0n) is 15.2. The number of ether oxygens (including phenoxy) is 2. The number of amides is 1. The average Bonchev–Trinajstić information content (AvgIpc) is 2.84. The maximum atomic E-state index is 12.2. The zero-order valence-corrected chi connectivity index (χ0v) is 16.7. The van der Waals surface area contributed by atoms with Gasteiger partial charge in [-0.2, -0.15) is 0 Å². The molecule has 0 radical (unpaired) electrons. The molecule has 1 N–H and O–H groups in total. The molecule has 1 aliphatic heterocycles. The summed E-state index contributed by atoms with van der Waals surface area (Å²) < 4.78 is 34.1. The summed E-state index contributed by atoms with van der Waals surface area (Å²) in [7, 11) is -1.56. The van der Waals surface area contributed by atoms with Crippen molar-refractivity contribution in [2.75, 3.05) is 25.2 Å². The number of benzene rings is 1. The topological polar surface area (TPSA) is 81.7 Å². The van der Waals surface area contributed by atoms with E-state index in [0.29, 0.717) is 35.1 Å². The van der Waals surface area contributed by atoms with Gasteiger partial charge in [-0.3, -0.25) is 4.79 Å². The molecule has 1 aliphatic rings. The van der Waals surface area contributed by atoms with Crippen LogP contribution in [0.3, 0.4) is 0 Å². The first kappa shape index (κ1) is 20.6. The van der Waals surface area contributed by atoms with Gasteiger partial charge in [0.2, 0.25) is 5.91 Å². The number of rotatable bonds is 7. The minimum absolute atomic E-state index is 0.0390. The predicted molar refractivity (Wildman–Crippen MR) is 103 cm³/mol. The van der Waals surface area contributed by atoms with Crippen molar-refractivity contribution in [2.24, 2.45) is 0 Å². The van der Waals surface area contributed by atoms with Gasteiger partial charge in [0.25, 0.3) is 0 Å². The van der Waals surface area contributed by atoms with Crippen molar-refractivity contribution in [3.8, 4) is 11.5 Å². The van der Waals surface area contributed by atoms with Gasteiger partial charge in [-0.15, -0.1) is 0 Å². The van der Waals surface area contributed by atoms with E-state index in [9.17, 15) is 13.2 Å². The number of nitrogens with one attached hydrogen (secondary N) is 1. The summed E-state index contributed by atoms with van der Waals surface area (Å²) in [5, 5.41) is 3.16. The molecule has 1 aromatic rings. The molecule has 1 fully saturated rings. The Bertz CT molecular complexity index is 806. The molecule has 1 heterocycles. The van der Waals surface area contributed by atoms with Gasteiger partial charge >= 0.3 is 0 Å². The fourth-order valence-corrected chi connectivity index (χ4v) is 5.17. The molecule has 1 aromatic carbocycles. The van der Waals surface area contributed by atoms with E-state index in [2.05, 4.69) is 5.32 Å². The van der Waals surface area contributed by atoms with E-state index in [4.69, 9.17) is 21.1 Å². The molecule has 6 nitrogen and oxygen atoms in total. The van der Waals surface area contributed by atoms with Gasteiger partial charge in [-0.25, -0.2) is 8.42 Å². The molecule has 0 aromatic heterocycles. The SMILES string of the molecule is CCCOc1c(Cl)cc(/C=C/C(=O)N[C@]2(C)CCS(=O)(=O)C2)cc1OC. The Hall–Kier alpha value is -1.73. The maximum Gasteiger partial charge on any atom is 0.244 e. The Labute approximate surface area is 159 Å². The van der Waals surface area contributed by atoms with Gasteiger partial charge in [-0.1, -0.05) is 18.5 Å². The minimum atomic E-state index is -3.08. The smallest absolute Gasteiger partial charge is 0.244 e. The standard InChI is InChI=1S/C18H24ClNO5S/c1-4-8-25-17-14(19)10-13(11-15(17)24-3)5-6-16(21)20-18(2)7-9-26(22,23)12-18/h5-6,10-11H,4,7-9,12H2,1-3H3,(H,20,21)/b6-5+/t18-/m1/s1. The first-order valence-electron chi connectivity index (χ1n) is 8.39. The lowest BCUT2D eigenvalue weighted by Gasteiger charge is -2.22. The molecule has 0 bridgehead atoms. The molecular weight excluding hydrogens is 378 g/mol. The summed E-state index contributed by atoms with van der Waals surface area (Å²) in [4.78, 5) is 12.2. The first-order chi connectivity index (χ1) is 12.2. The van der Waals surface area contributed by atoms with Crippen LogP contribution < -0.4 is 14.8 Å². The van der Waals surface area contributed by atoms with Crippen molar-refractivity contribution in [1.29, 1.82) is 0 Å². The second-order valence-corrected chi connectivity index (χ2v) is 9.20. The summed E-state index contributed by atoms with van der Waals surface area (Å²) in [5.41, 5.74) is -0.0528. The van der Waals surface area contributed by atoms with Crippen molar-refractivity contribution in [1.82, 2.24) is 5.32 Å². The van der Waals surface area contributed by atoms with Crippen LogP contribution in [0.2, 0.25) is 5.02 Å². The van der Waals surface area contributed by atoms with Crippen LogP contribution in [-0.2, 0) is 14.6 Å². The lowest BCUT2D eigenvalue weighted by molar-refractivity contribution is -0.117. The Balaban J connectivity index is 2.10. The summed E-state index contributed by atoms with van der Waals surface area (Å²) in [6.45, 7) is 4.25. The maximum absolute atomic E-state index is 12.2. The normalized spacial score (nSPS) is 21.7. The molecule has 0 spiro atoms. The number of halogens is 1. The monoisotopic (exact) mass is 401 g/mol. The Kier molecular flexibility index (Phi) is 6.58. The van der Waals surface area contributed by atoms with Crippen LogP contribution in [0, 0.1) is 0 Å². The molecule has 26 heavy (non-hydrogen) atoms. The number of methoxy groups -OCH3 is 1. The highest BCUT2D eigenvalue weighted by atomic mass is 35.5. The molecule has 0 aliphatic carbocycles. The summed E-state index contributed by atoms with van der Waals surface area (Å²) in [6, 6.07) is 3.41. The van der Waals surface area contributed by atoms with Crippen molar-refractivity contribution in [3.63, 3.8) is 0 Å². The van der Waals surface area contributed by atoms with Crippen LogP contribution in [0.1, 0.15) is 32.3 Å². The lowest BCUT2D eigenvalue weighted by atomic mass is 10.0. The summed E-state index contributed by atoms with van der Waals surface area (Å²) in [5.74, 6) is 0.662. The Morgan fingerprint density at radius 1 is 1.42 bits per heavy atom. The number of hydrogen-bond donors (Lipinski definition) is 1. The largest absolute Gasteiger partial charge is 0.493 e. The number of carbonyl (C=O) groups excluding carboxylic acids is 1. The van der Waals surface area contributed by atoms with Gasteiger partial charge in [-0.05, 0) is 43.5 Å². The van der Waals surface area contributed by atoms with Crippen LogP contribution >= 0.6 is 11.6 Å². The van der Waals surface area contributed by atoms with Gasteiger partial charge in [0.1, 0.15) is 0 Å². The summed E-state index contributed by atoms with van der Waals surface area (Å²) in [6.07, 6.45) is 4.21. The molecule has 1 amide bonds. The fraction of sp³-hybridized carbons (Fsp3) is 0.500. The molecule has 144 valence electrons. The molecule has 0 saturated carbocycles. The number of hydrogen-bond acceptors (Lipinski definition) is 5. The van der Waals surface area contributed by atoms with Gasteiger partial charge < -0.3 is 14.8 Å². The second-order valence-electron chi connectivity index (χ2n) is 6.61. The van der Waals surface area contributed by atoms with Crippen molar-refractivity contribution < 1.29 is 22.7 Å². The number of sulfone groups is 1. The molecule has 1 saturated heterocycles.